The molecule has 2 aliphatic rings. The highest BCUT2D eigenvalue weighted by Crippen LogP contribution is 2.30. The minimum atomic E-state index is -4.44. The predicted octanol–water partition coefficient (Wildman–Crippen LogP) is 2.58. The van der Waals surface area contributed by atoms with Crippen molar-refractivity contribution in [3.8, 4) is 22.6 Å². The van der Waals surface area contributed by atoms with Crippen LogP contribution in [0.5, 0.6) is 0 Å². The van der Waals surface area contributed by atoms with Gasteiger partial charge in [-0.25, -0.2) is 9.89 Å². The smallest absolute Gasteiger partial charge is 0.416 e. The van der Waals surface area contributed by atoms with Crippen molar-refractivity contribution >= 4 is 5.97 Å². The molecule has 1 aromatic heterocycles. The van der Waals surface area contributed by atoms with Gasteiger partial charge in [-0.2, -0.15) is 23.3 Å². The summed E-state index contributed by atoms with van der Waals surface area (Å²) < 4.78 is 49.4. The number of methoxy groups -OCH3 is 1. The van der Waals surface area contributed by atoms with E-state index >= 15 is 0 Å². The van der Waals surface area contributed by atoms with Crippen LogP contribution in [0.1, 0.15) is 21.8 Å². The lowest BCUT2D eigenvalue weighted by molar-refractivity contribution is -0.137. The van der Waals surface area contributed by atoms with Crippen LogP contribution in [0.4, 0.5) is 13.2 Å². The Hall–Kier alpha value is -3.96. The Bertz CT molecular complexity index is 1240. The van der Waals surface area contributed by atoms with Gasteiger partial charge in [-0.3, -0.25) is 4.79 Å². The van der Waals surface area contributed by atoms with Crippen molar-refractivity contribution in [1.82, 2.24) is 24.9 Å². The summed E-state index contributed by atoms with van der Waals surface area (Å²) in [4.78, 5) is 28.1. The quantitative estimate of drug-likeness (QED) is 0.506. The van der Waals surface area contributed by atoms with E-state index in [0.717, 1.165) is 12.1 Å². The van der Waals surface area contributed by atoms with Gasteiger partial charge in [0.2, 0.25) is 11.7 Å². The van der Waals surface area contributed by atoms with Crippen LogP contribution in [-0.4, -0.2) is 38.0 Å². The Balaban J connectivity index is 1.63. The van der Waals surface area contributed by atoms with E-state index in [-0.39, 0.29) is 35.1 Å². The molecule has 0 saturated carbocycles. The fourth-order valence-corrected chi connectivity index (χ4v) is 2.84. The molecule has 0 bridgehead atoms. The number of aromatic nitrogens is 5. The van der Waals surface area contributed by atoms with Crippen molar-refractivity contribution < 1.29 is 27.2 Å². The molecule has 2 aromatic rings. The van der Waals surface area contributed by atoms with Crippen LogP contribution in [0.2, 0.25) is 0 Å². The first-order valence-corrected chi connectivity index (χ1v) is 8.43. The first-order valence-electron chi connectivity index (χ1n) is 8.43. The topological polar surface area (TPSA) is 116 Å². The molecule has 154 valence electrons. The van der Waals surface area contributed by atoms with Crippen LogP contribution in [-0.2, 0) is 17.5 Å². The van der Waals surface area contributed by atoms with E-state index in [2.05, 4.69) is 20.3 Å². The second-order valence-electron chi connectivity index (χ2n) is 6.24. The summed E-state index contributed by atoms with van der Waals surface area (Å²) in [5, 5.41) is 9.86. The van der Waals surface area contributed by atoms with Crippen LogP contribution in [0.25, 0.3) is 22.6 Å². The van der Waals surface area contributed by atoms with Gasteiger partial charge in [0.15, 0.2) is 0 Å². The van der Waals surface area contributed by atoms with Gasteiger partial charge in [-0.1, -0.05) is 17.3 Å². The molecule has 1 N–H and O–H groups in total. The van der Waals surface area contributed by atoms with Crippen molar-refractivity contribution in [3.63, 3.8) is 0 Å². The Morgan fingerprint density at radius 2 is 1.97 bits per heavy atom. The number of pyridine rings is 1. The highest BCUT2D eigenvalue weighted by molar-refractivity contribution is 5.95. The highest BCUT2D eigenvalue weighted by Gasteiger charge is 2.30. The number of aromatic amines is 1. The zero-order valence-corrected chi connectivity index (χ0v) is 15.2. The maximum atomic E-state index is 12.7. The number of fused-ring (bicyclic) bond motifs is 1. The van der Waals surface area contributed by atoms with Crippen LogP contribution in [0, 0.1) is 0 Å². The van der Waals surface area contributed by atoms with Gasteiger partial charge in [-0.05, 0) is 12.1 Å². The Morgan fingerprint density at radius 3 is 2.63 bits per heavy atom. The van der Waals surface area contributed by atoms with E-state index in [4.69, 9.17) is 9.26 Å². The van der Waals surface area contributed by atoms with Crippen molar-refractivity contribution in [2.75, 3.05) is 7.11 Å². The van der Waals surface area contributed by atoms with E-state index in [9.17, 15) is 22.8 Å². The standard InChI is InChI=1S/C18H12F3N5O4/c1-29-17(28)12-7-26(6-11-14(12)23-24-16(11)27)8-13-22-15(25-30-13)9-2-4-10(5-3-9)18(19,20)21/h2-7H,8H2,1H3,(H,24,27). The lowest BCUT2D eigenvalue weighted by atomic mass is 10.1. The minimum Gasteiger partial charge on any atom is -0.465 e. The number of nitrogens with one attached hydrogen (secondary N) is 1. The molecule has 0 spiro atoms. The lowest BCUT2D eigenvalue weighted by Gasteiger charge is -2.09. The molecule has 0 fully saturated rings. The van der Waals surface area contributed by atoms with Gasteiger partial charge in [0, 0.05) is 18.0 Å². The molecule has 0 radical (unpaired) electrons. The van der Waals surface area contributed by atoms with E-state index < -0.39 is 23.3 Å². The number of carbonyl (C=O) groups excluding carboxylic acids is 1. The molecule has 9 nitrogen and oxygen atoms in total. The summed E-state index contributed by atoms with van der Waals surface area (Å²) >= 11 is 0. The predicted molar refractivity (Wildman–Crippen MR) is 94.6 cm³/mol. The van der Waals surface area contributed by atoms with Gasteiger partial charge >= 0.3 is 12.1 Å². The third-order valence-electron chi connectivity index (χ3n) is 4.28. The zero-order valence-electron chi connectivity index (χ0n) is 15.2. The molecule has 12 heteroatoms. The molecule has 0 unspecified atom stereocenters. The average molecular weight is 419 g/mol. The fraction of sp³-hybridized carbons (Fsp3) is 0.167. The summed E-state index contributed by atoms with van der Waals surface area (Å²) in [6.45, 7) is -0.00180. The Morgan fingerprint density at radius 1 is 1.23 bits per heavy atom. The zero-order chi connectivity index (χ0) is 21.5. The number of ether oxygens (including phenoxy) is 1. The maximum Gasteiger partial charge on any atom is 0.416 e. The largest absolute Gasteiger partial charge is 0.465 e. The van der Waals surface area contributed by atoms with Crippen LogP contribution in [0.15, 0.2) is 46.0 Å². The number of carbonyl (C=O) groups is 1. The lowest BCUT2D eigenvalue weighted by Crippen LogP contribution is -2.12. The number of rotatable bonds is 4. The SMILES string of the molecule is COC(=O)c1cn(Cc2nc(-c3ccc(C(F)(F)F)cc3)no2)cc2c(=O)[nH]nc1-2. The Labute approximate surface area is 165 Å². The van der Waals surface area contributed by atoms with Crippen LogP contribution in [0.3, 0.4) is 0 Å². The summed E-state index contributed by atoms with van der Waals surface area (Å²) in [6.07, 6.45) is -1.58. The molecule has 2 aliphatic heterocycles. The average Bonchev–Trinajstić information content (AvgIpc) is 3.33. The second kappa shape index (κ2) is 7.13. The number of nitrogens with zero attached hydrogens (tertiary/aromatic N) is 4. The second-order valence-corrected chi connectivity index (χ2v) is 6.24. The number of H-pyrrole nitrogens is 1. The van der Waals surface area contributed by atoms with E-state index in [1.807, 2.05) is 0 Å². The molecule has 0 saturated heterocycles. The number of benzene rings is 1. The molecule has 0 atom stereocenters. The first kappa shape index (κ1) is 19.4. The third-order valence-corrected chi connectivity index (χ3v) is 4.28. The molecule has 0 aliphatic carbocycles. The van der Waals surface area contributed by atoms with Crippen LogP contribution >= 0.6 is 0 Å². The monoisotopic (exact) mass is 419 g/mol. The number of alkyl halides is 3. The molecule has 4 rings (SSSR count). The van der Waals surface area contributed by atoms with Gasteiger partial charge in [0.05, 0.1) is 18.2 Å². The molecular weight excluding hydrogens is 407 g/mol. The fourth-order valence-electron chi connectivity index (χ4n) is 2.84. The number of hydrogen-bond acceptors (Lipinski definition) is 7. The molecule has 1 aromatic carbocycles. The van der Waals surface area contributed by atoms with E-state index in [0.29, 0.717) is 5.56 Å². The third kappa shape index (κ3) is 3.54. The molecule has 3 heterocycles. The van der Waals surface area contributed by atoms with Gasteiger partial charge in [0.25, 0.3) is 5.56 Å². The first-order chi connectivity index (χ1) is 14.3. The summed E-state index contributed by atoms with van der Waals surface area (Å²) in [5.41, 5.74) is -0.538. The van der Waals surface area contributed by atoms with Crippen molar-refractivity contribution in [2.24, 2.45) is 0 Å². The van der Waals surface area contributed by atoms with E-state index in [1.54, 1.807) is 0 Å². The van der Waals surface area contributed by atoms with Gasteiger partial charge in [-0.15, -0.1) is 0 Å². The molecular formula is C18H12F3N5O4. The number of esters is 1. The summed E-state index contributed by atoms with van der Waals surface area (Å²) in [6, 6.07) is 4.32. The van der Waals surface area contributed by atoms with Crippen LogP contribution < -0.4 is 5.56 Å². The number of hydrogen-bond donors (Lipinski definition) is 1. The van der Waals surface area contributed by atoms with Crippen molar-refractivity contribution in [3.05, 3.63) is 64.0 Å². The normalized spacial score (nSPS) is 11.7. The van der Waals surface area contributed by atoms with E-state index in [1.165, 1.54) is 36.2 Å². The number of halogens is 3. The summed E-state index contributed by atoms with van der Waals surface area (Å²) in [7, 11) is 1.20. The summed E-state index contributed by atoms with van der Waals surface area (Å²) in [5.74, 6) is -0.473. The molecule has 0 amide bonds. The maximum absolute atomic E-state index is 12.7. The van der Waals surface area contributed by atoms with Crippen molar-refractivity contribution in [2.45, 2.75) is 12.7 Å². The molecule has 30 heavy (non-hydrogen) atoms. The van der Waals surface area contributed by atoms with Crippen molar-refractivity contribution in [1.29, 1.82) is 0 Å². The highest BCUT2D eigenvalue weighted by atomic mass is 19.4. The Kier molecular flexibility index (Phi) is 4.60. The minimum absolute atomic E-state index is 0.00180. The van der Waals surface area contributed by atoms with Gasteiger partial charge in [0.1, 0.15) is 17.8 Å². The van der Waals surface area contributed by atoms with Gasteiger partial charge < -0.3 is 13.8 Å².